The number of hydrogen-bond donors (Lipinski definition) is 0. The Hall–Kier alpha value is -3.09. The summed E-state index contributed by atoms with van der Waals surface area (Å²) in [5, 5.41) is 2.08. The zero-order chi connectivity index (χ0) is 20.6. The monoisotopic (exact) mass is 399 g/mol. The lowest BCUT2D eigenvalue weighted by atomic mass is 10.0. The first-order chi connectivity index (χ1) is 14.1. The Labute approximate surface area is 169 Å². The molecule has 2 aromatic carbocycles. The summed E-state index contributed by atoms with van der Waals surface area (Å²) in [6.45, 7) is 1.72. The number of hydrogen-bond acceptors (Lipinski definition) is 6. The molecule has 0 N–H and O–H groups in total. The molecule has 0 aliphatic carbocycles. The van der Waals surface area contributed by atoms with E-state index < -0.39 is 30.5 Å². The fourth-order valence-corrected chi connectivity index (χ4v) is 3.38. The van der Waals surface area contributed by atoms with E-state index in [0.717, 1.165) is 23.6 Å². The maximum Gasteiger partial charge on any atom is 0.344 e. The highest BCUT2D eigenvalue weighted by atomic mass is 16.6. The van der Waals surface area contributed by atoms with Gasteiger partial charge in [0.05, 0.1) is 6.61 Å². The van der Waals surface area contributed by atoms with Crippen LogP contribution in [0, 0.1) is 0 Å². The lowest BCUT2D eigenvalue weighted by Gasteiger charge is -2.33. The number of fused-ring (bicyclic) bond motifs is 1. The molecule has 7 nitrogen and oxygen atoms in total. The van der Waals surface area contributed by atoms with E-state index in [-0.39, 0.29) is 13.2 Å². The minimum absolute atomic E-state index is 0.262. The van der Waals surface area contributed by atoms with E-state index in [1.54, 1.807) is 13.0 Å². The number of piperidine rings is 1. The number of carbonyl (C=O) groups excluding carboxylic acids is 3. The molecule has 1 atom stereocenters. The topological polar surface area (TPSA) is 82.1 Å². The molecule has 0 bridgehead atoms. The molecule has 0 aromatic heterocycles. The van der Waals surface area contributed by atoms with Crippen molar-refractivity contribution in [2.75, 3.05) is 26.4 Å². The van der Waals surface area contributed by atoms with E-state index in [9.17, 15) is 14.4 Å². The van der Waals surface area contributed by atoms with Crippen molar-refractivity contribution in [3.05, 3.63) is 42.5 Å². The quantitative estimate of drug-likeness (QED) is 0.666. The molecule has 0 spiro atoms. The first-order valence-corrected chi connectivity index (χ1v) is 9.82. The normalized spacial score (nSPS) is 16.3. The van der Waals surface area contributed by atoms with Crippen LogP contribution in [-0.2, 0) is 23.9 Å². The van der Waals surface area contributed by atoms with Crippen LogP contribution in [0.5, 0.6) is 5.75 Å². The van der Waals surface area contributed by atoms with Crippen LogP contribution in [0.15, 0.2) is 42.5 Å². The molecule has 3 rings (SSSR count). The van der Waals surface area contributed by atoms with Crippen molar-refractivity contribution in [2.24, 2.45) is 0 Å². The number of ether oxygens (including phenoxy) is 3. The van der Waals surface area contributed by atoms with E-state index >= 15 is 0 Å². The zero-order valence-corrected chi connectivity index (χ0v) is 16.5. The number of esters is 2. The van der Waals surface area contributed by atoms with Gasteiger partial charge < -0.3 is 19.1 Å². The van der Waals surface area contributed by atoms with Gasteiger partial charge in [-0.25, -0.2) is 9.59 Å². The van der Waals surface area contributed by atoms with Crippen molar-refractivity contribution in [3.63, 3.8) is 0 Å². The fourth-order valence-electron chi connectivity index (χ4n) is 3.38. The van der Waals surface area contributed by atoms with Crippen LogP contribution < -0.4 is 4.74 Å². The molecule has 0 saturated carbocycles. The second kappa shape index (κ2) is 9.91. The molecule has 7 heteroatoms. The molecule has 1 aliphatic rings. The summed E-state index contributed by atoms with van der Waals surface area (Å²) in [7, 11) is 0. The largest absolute Gasteiger partial charge is 0.482 e. The predicted molar refractivity (Wildman–Crippen MR) is 106 cm³/mol. The van der Waals surface area contributed by atoms with Crippen molar-refractivity contribution >= 4 is 28.6 Å². The van der Waals surface area contributed by atoms with Crippen molar-refractivity contribution in [2.45, 2.75) is 32.2 Å². The van der Waals surface area contributed by atoms with Gasteiger partial charge in [-0.05, 0) is 49.1 Å². The summed E-state index contributed by atoms with van der Waals surface area (Å²) < 4.78 is 15.6. The molecule has 1 fully saturated rings. The summed E-state index contributed by atoms with van der Waals surface area (Å²) in [5.74, 6) is -0.907. The van der Waals surface area contributed by atoms with Gasteiger partial charge in [0.25, 0.3) is 5.91 Å². The van der Waals surface area contributed by atoms with Gasteiger partial charge in [0.1, 0.15) is 11.8 Å². The van der Waals surface area contributed by atoms with Crippen LogP contribution in [0.1, 0.15) is 26.2 Å². The van der Waals surface area contributed by atoms with Gasteiger partial charge >= 0.3 is 11.9 Å². The predicted octanol–water partition coefficient (Wildman–Crippen LogP) is 2.71. The highest BCUT2D eigenvalue weighted by Crippen LogP contribution is 2.21. The van der Waals surface area contributed by atoms with E-state index in [0.29, 0.717) is 18.7 Å². The summed E-state index contributed by atoms with van der Waals surface area (Å²) in [6, 6.07) is 12.7. The number of rotatable bonds is 7. The van der Waals surface area contributed by atoms with Gasteiger partial charge in [0.2, 0.25) is 0 Å². The minimum Gasteiger partial charge on any atom is -0.482 e. The number of carbonyl (C=O) groups is 3. The number of likely N-dealkylation sites (tertiary alicyclic amines) is 1. The molecule has 2 aromatic rings. The summed E-state index contributed by atoms with van der Waals surface area (Å²) in [4.78, 5) is 37.9. The molecule has 154 valence electrons. The van der Waals surface area contributed by atoms with E-state index in [1.807, 2.05) is 36.4 Å². The van der Waals surface area contributed by atoms with Crippen molar-refractivity contribution < 1.29 is 28.6 Å². The lowest BCUT2D eigenvalue weighted by molar-refractivity contribution is -0.161. The van der Waals surface area contributed by atoms with Crippen LogP contribution in [0.2, 0.25) is 0 Å². The first-order valence-electron chi connectivity index (χ1n) is 9.82. The Kier molecular flexibility index (Phi) is 7.05. The summed E-state index contributed by atoms with van der Waals surface area (Å²) >= 11 is 0. The average Bonchev–Trinajstić information content (AvgIpc) is 2.76. The van der Waals surface area contributed by atoms with Gasteiger partial charge in [0.15, 0.2) is 13.2 Å². The van der Waals surface area contributed by atoms with E-state index in [4.69, 9.17) is 14.2 Å². The lowest BCUT2D eigenvalue weighted by Crippen LogP contribution is -2.50. The molecule has 0 radical (unpaired) electrons. The standard InChI is InChI=1S/C22H25NO6/c1-2-27-22(26)19-9-5-6-12-23(19)20(24)14-29-21(25)15-28-18-11-10-16-7-3-4-8-17(16)13-18/h3-4,7-8,10-11,13,19H,2,5-6,9,12,14-15H2,1H3. The Morgan fingerprint density at radius 1 is 1.00 bits per heavy atom. The third-order valence-corrected chi connectivity index (χ3v) is 4.82. The van der Waals surface area contributed by atoms with Crippen LogP contribution in [0.25, 0.3) is 10.8 Å². The average molecular weight is 399 g/mol. The van der Waals surface area contributed by atoms with Gasteiger partial charge in [0, 0.05) is 6.54 Å². The Balaban J connectivity index is 1.48. The molecule has 1 heterocycles. The van der Waals surface area contributed by atoms with Crippen molar-refractivity contribution in [3.8, 4) is 5.75 Å². The number of nitrogens with zero attached hydrogens (tertiary/aromatic N) is 1. The molecular weight excluding hydrogens is 374 g/mol. The maximum atomic E-state index is 12.4. The third-order valence-electron chi connectivity index (χ3n) is 4.82. The van der Waals surface area contributed by atoms with Gasteiger partial charge in [-0.15, -0.1) is 0 Å². The SMILES string of the molecule is CCOC(=O)C1CCCCN1C(=O)COC(=O)COc1ccc2ccccc2c1. The van der Waals surface area contributed by atoms with Gasteiger partial charge in [-0.3, -0.25) is 4.79 Å². The van der Waals surface area contributed by atoms with Crippen molar-refractivity contribution in [1.29, 1.82) is 0 Å². The summed E-state index contributed by atoms with van der Waals surface area (Å²) in [6.07, 6.45) is 2.22. The molecule has 29 heavy (non-hydrogen) atoms. The minimum atomic E-state index is -0.642. The molecule has 1 saturated heterocycles. The number of benzene rings is 2. The molecule has 1 amide bonds. The molecule has 1 aliphatic heterocycles. The summed E-state index contributed by atoms with van der Waals surface area (Å²) in [5.41, 5.74) is 0. The highest BCUT2D eigenvalue weighted by Gasteiger charge is 2.33. The smallest absolute Gasteiger partial charge is 0.344 e. The van der Waals surface area contributed by atoms with E-state index in [1.165, 1.54) is 4.90 Å². The number of amides is 1. The van der Waals surface area contributed by atoms with E-state index in [2.05, 4.69) is 0 Å². The third kappa shape index (κ3) is 5.47. The van der Waals surface area contributed by atoms with Crippen LogP contribution in [0.4, 0.5) is 0 Å². The van der Waals surface area contributed by atoms with Crippen LogP contribution in [0.3, 0.4) is 0 Å². The van der Waals surface area contributed by atoms with Crippen LogP contribution in [-0.4, -0.2) is 55.2 Å². The molecular formula is C22H25NO6. The zero-order valence-electron chi connectivity index (χ0n) is 16.5. The first kappa shape index (κ1) is 20.6. The van der Waals surface area contributed by atoms with Crippen molar-refractivity contribution in [1.82, 2.24) is 4.90 Å². The maximum absolute atomic E-state index is 12.4. The Bertz CT molecular complexity index is 880. The van der Waals surface area contributed by atoms with Gasteiger partial charge in [-0.1, -0.05) is 30.3 Å². The van der Waals surface area contributed by atoms with Gasteiger partial charge in [-0.2, -0.15) is 0 Å². The second-order valence-electron chi connectivity index (χ2n) is 6.81. The van der Waals surface area contributed by atoms with Crippen LogP contribution >= 0.6 is 0 Å². The second-order valence-corrected chi connectivity index (χ2v) is 6.81. The fraction of sp³-hybridized carbons (Fsp3) is 0.409. The highest BCUT2D eigenvalue weighted by molar-refractivity contribution is 5.87. The molecule has 1 unspecified atom stereocenters. The Morgan fingerprint density at radius 3 is 2.59 bits per heavy atom. The Morgan fingerprint density at radius 2 is 1.79 bits per heavy atom.